The van der Waals surface area contributed by atoms with Crippen LogP contribution in [0.3, 0.4) is 0 Å². The third-order valence-corrected chi connectivity index (χ3v) is 3.47. The van der Waals surface area contributed by atoms with Crippen LogP contribution in [0.25, 0.3) is 5.69 Å². The number of nitrogens with two attached hydrogens (primary N) is 1. The summed E-state index contributed by atoms with van der Waals surface area (Å²) < 4.78 is 1.78. The predicted molar refractivity (Wildman–Crippen MR) is 69.0 cm³/mol. The Morgan fingerprint density at radius 2 is 2.06 bits per heavy atom. The van der Waals surface area contributed by atoms with Gasteiger partial charge in [-0.05, 0) is 24.3 Å². The SMILES string of the molecule is CCCSc1cnn(-c2ccccc2)c1N. The van der Waals surface area contributed by atoms with Crippen LogP contribution in [0.1, 0.15) is 13.3 Å². The number of benzene rings is 1. The van der Waals surface area contributed by atoms with Gasteiger partial charge in [0.05, 0.1) is 16.8 Å². The monoisotopic (exact) mass is 233 g/mol. The second-order valence-electron chi connectivity index (χ2n) is 3.49. The summed E-state index contributed by atoms with van der Waals surface area (Å²) in [4.78, 5) is 1.06. The summed E-state index contributed by atoms with van der Waals surface area (Å²) in [6.07, 6.45) is 2.98. The molecule has 1 aromatic carbocycles. The Labute approximate surface area is 99.7 Å². The molecular weight excluding hydrogens is 218 g/mol. The van der Waals surface area contributed by atoms with Gasteiger partial charge in [0.1, 0.15) is 5.82 Å². The zero-order valence-corrected chi connectivity index (χ0v) is 10.1. The quantitative estimate of drug-likeness (QED) is 0.826. The molecule has 0 bridgehead atoms. The van der Waals surface area contributed by atoms with E-state index in [1.165, 1.54) is 0 Å². The van der Waals surface area contributed by atoms with Crippen LogP contribution in [0.4, 0.5) is 5.82 Å². The number of thioether (sulfide) groups is 1. The van der Waals surface area contributed by atoms with Gasteiger partial charge in [0, 0.05) is 0 Å². The first kappa shape index (κ1) is 11.1. The molecule has 0 aliphatic heterocycles. The molecule has 0 unspecified atom stereocenters. The highest BCUT2D eigenvalue weighted by molar-refractivity contribution is 7.99. The Morgan fingerprint density at radius 3 is 2.75 bits per heavy atom. The van der Waals surface area contributed by atoms with Crippen molar-refractivity contribution in [3.8, 4) is 5.69 Å². The highest BCUT2D eigenvalue weighted by Crippen LogP contribution is 2.26. The van der Waals surface area contributed by atoms with Crippen LogP contribution < -0.4 is 5.73 Å². The smallest absolute Gasteiger partial charge is 0.140 e. The zero-order valence-electron chi connectivity index (χ0n) is 9.26. The highest BCUT2D eigenvalue weighted by Gasteiger charge is 2.08. The molecule has 0 atom stereocenters. The molecule has 2 N–H and O–H groups in total. The van der Waals surface area contributed by atoms with Crippen molar-refractivity contribution in [3.05, 3.63) is 36.5 Å². The third kappa shape index (κ3) is 2.22. The minimum atomic E-state index is 0.727. The maximum absolute atomic E-state index is 6.06. The zero-order chi connectivity index (χ0) is 11.4. The first-order valence-electron chi connectivity index (χ1n) is 5.34. The molecular formula is C12H15N3S. The summed E-state index contributed by atoms with van der Waals surface area (Å²) in [6, 6.07) is 9.94. The van der Waals surface area contributed by atoms with Crippen molar-refractivity contribution in [2.45, 2.75) is 18.2 Å². The van der Waals surface area contributed by atoms with E-state index in [0.717, 1.165) is 28.6 Å². The van der Waals surface area contributed by atoms with Crippen LogP contribution in [0.5, 0.6) is 0 Å². The molecule has 84 valence electrons. The third-order valence-electron chi connectivity index (χ3n) is 2.23. The summed E-state index contributed by atoms with van der Waals surface area (Å²) in [7, 11) is 0. The average molecular weight is 233 g/mol. The molecule has 0 saturated heterocycles. The van der Waals surface area contributed by atoms with Gasteiger partial charge in [-0.1, -0.05) is 25.1 Å². The number of rotatable bonds is 4. The minimum Gasteiger partial charge on any atom is -0.383 e. The van der Waals surface area contributed by atoms with Gasteiger partial charge in [-0.25, -0.2) is 4.68 Å². The second kappa shape index (κ2) is 5.07. The van der Waals surface area contributed by atoms with Crippen molar-refractivity contribution in [1.82, 2.24) is 9.78 Å². The number of anilines is 1. The summed E-state index contributed by atoms with van der Waals surface area (Å²) in [5.41, 5.74) is 7.06. The van der Waals surface area contributed by atoms with Crippen molar-refractivity contribution >= 4 is 17.6 Å². The molecule has 0 saturated carbocycles. The fourth-order valence-corrected chi connectivity index (χ4v) is 2.22. The number of aromatic nitrogens is 2. The van der Waals surface area contributed by atoms with E-state index >= 15 is 0 Å². The van der Waals surface area contributed by atoms with Crippen LogP contribution in [0.15, 0.2) is 41.4 Å². The van der Waals surface area contributed by atoms with E-state index in [2.05, 4.69) is 12.0 Å². The highest BCUT2D eigenvalue weighted by atomic mass is 32.2. The Hall–Kier alpha value is -1.42. The van der Waals surface area contributed by atoms with Crippen LogP contribution in [-0.4, -0.2) is 15.5 Å². The maximum Gasteiger partial charge on any atom is 0.140 e. The van der Waals surface area contributed by atoms with Gasteiger partial charge in [-0.15, -0.1) is 11.8 Å². The van der Waals surface area contributed by atoms with E-state index in [1.54, 1.807) is 16.4 Å². The number of hydrogen-bond acceptors (Lipinski definition) is 3. The molecule has 0 radical (unpaired) electrons. The summed E-state index contributed by atoms with van der Waals surface area (Å²) in [5, 5.41) is 4.31. The van der Waals surface area contributed by atoms with Crippen molar-refractivity contribution in [3.63, 3.8) is 0 Å². The van der Waals surface area contributed by atoms with Crippen molar-refractivity contribution in [1.29, 1.82) is 0 Å². The van der Waals surface area contributed by atoms with E-state index in [0.29, 0.717) is 0 Å². The molecule has 2 aromatic rings. The van der Waals surface area contributed by atoms with Gasteiger partial charge in [-0.3, -0.25) is 0 Å². The van der Waals surface area contributed by atoms with Gasteiger partial charge in [0.2, 0.25) is 0 Å². The lowest BCUT2D eigenvalue weighted by atomic mass is 10.3. The first-order chi connectivity index (χ1) is 7.83. The van der Waals surface area contributed by atoms with Gasteiger partial charge < -0.3 is 5.73 Å². The van der Waals surface area contributed by atoms with E-state index in [1.807, 2.05) is 36.5 Å². The Bertz CT molecular complexity index is 451. The molecule has 0 fully saturated rings. The van der Waals surface area contributed by atoms with E-state index in [9.17, 15) is 0 Å². The lowest BCUT2D eigenvalue weighted by molar-refractivity contribution is 0.891. The van der Waals surface area contributed by atoms with Gasteiger partial charge in [0.15, 0.2) is 0 Å². The van der Waals surface area contributed by atoms with Crippen LogP contribution in [0, 0.1) is 0 Å². The lowest BCUT2D eigenvalue weighted by Gasteiger charge is -2.04. The number of nitrogen functional groups attached to an aromatic ring is 1. The summed E-state index contributed by atoms with van der Waals surface area (Å²) in [6.45, 7) is 2.16. The van der Waals surface area contributed by atoms with E-state index < -0.39 is 0 Å². The Balaban J connectivity index is 2.27. The van der Waals surface area contributed by atoms with E-state index in [4.69, 9.17) is 5.73 Å². The Morgan fingerprint density at radius 1 is 1.31 bits per heavy atom. The fourth-order valence-electron chi connectivity index (χ4n) is 1.44. The maximum atomic E-state index is 6.06. The minimum absolute atomic E-state index is 0.727. The fraction of sp³-hybridized carbons (Fsp3) is 0.250. The molecule has 1 aromatic heterocycles. The van der Waals surface area contributed by atoms with Crippen LogP contribution >= 0.6 is 11.8 Å². The number of para-hydroxylation sites is 1. The molecule has 3 nitrogen and oxygen atoms in total. The normalized spacial score (nSPS) is 10.6. The number of nitrogens with zero attached hydrogens (tertiary/aromatic N) is 2. The van der Waals surface area contributed by atoms with Gasteiger partial charge in [-0.2, -0.15) is 5.10 Å². The van der Waals surface area contributed by atoms with Crippen molar-refractivity contribution in [2.75, 3.05) is 11.5 Å². The van der Waals surface area contributed by atoms with Gasteiger partial charge in [0.25, 0.3) is 0 Å². The molecule has 0 aliphatic carbocycles. The van der Waals surface area contributed by atoms with Crippen molar-refractivity contribution in [2.24, 2.45) is 0 Å². The largest absolute Gasteiger partial charge is 0.383 e. The lowest BCUT2D eigenvalue weighted by Crippen LogP contribution is -2.01. The summed E-state index contributed by atoms with van der Waals surface area (Å²) in [5.74, 6) is 1.80. The molecule has 1 heterocycles. The summed E-state index contributed by atoms with van der Waals surface area (Å²) >= 11 is 1.75. The molecule has 0 spiro atoms. The molecule has 4 heteroatoms. The first-order valence-corrected chi connectivity index (χ1v) is 6.33. The topological polar surface area (TPSA) is 43.8 Å². The second-order valence-corrected chi connectivity index (χ2v) is 4.63. The van der Waals surface area contributed by atoms with Gasteiger partial charge >= 0.3 is 0 Å². The van der Waals surface area contributed by atoms with Crippen LogP contribution in [-0.2, 0) is 0 Å². The molecule has 16 heavy (non-hydrogen) atoms. The standard InChI is InChI=1S/C12H15N3S/c1-2-8-16-11-9-14-15(12(11)13)10-6-4-3-5-7-10/h3-7,9H,2,8,13H2,1H3. The molecule has 0 amide bonds. The molecule has 0 aliphatic rings. The Kier molecular flexibility index (Phi) is 3.51. The average Bonchev–Trinajstić information content (AvgIpc) is 2.69. The van der Waals surface area contributed by atoms with E-state index in [-0.39, 0.29) is 0 Å². The van der Waals surface area contributed by atoms with Crippen molar-refractivity contribution < 1.29 is 0 Å². The van der Waals surface area contributed by atoms with Crippen LogP contribution in [0.2, 0.25) is 0 Å². The predicted octanol–water partition coefficient (Wildman–Crippen LogP) is 2.96. The molecule has 2 rings (SSSR count). The number of hydrogen-bond donors (Lipinski definition) is 1.